The quantitative estimate of drug-likeness (QED) is 0.601. The molecule has 0 saturated heterocycles. The monoisotopic (exact) mass is 362 g/mol. The summed E-state index contributed by atoms with van der Waals surface area (Å²) in [5.41, 5.74) is 13.5. The lowest BCUT2D eigenvalue weighted by molar-refractivity contribution is 0.203. The third-order valence-corrected chi connectivity index (χ3v) is 4.32. The Morgan fingerprint density at radius 1 is 1.20 bits per heavy atom. The minimum atomic E-state index is -0.505. The van der Waals surface area contributed by atoms with Crippen LogP contribution in [0, 0.1) is 5.82 Å². The van der Waals surface area contributed by atoms with Crippen LogP contribution in [0.3, 0.4) is 0 Å². The maximum atomic E-state index is 14.3. The number of nitrogens with two attached hydrogens (primary N) is 2. The van der Waals surface area contributed by atoms with Gasteiger partial charge in [-0.25, -0.2) is 9.18 Å². The fourth-order valence-electron chi connectivity index (χ4n) is 2.91. The first kappa shape index (κ1) is 18.7. The Morgan fingerprint density at radius 2 is 1.92 bits per heavy atom. The Labute approximate surface area is 151 Å². The predicted molar refractivity (Wildman–Crippen MR) is 98.9 cm³/mol. The van der Waals surface area contributed by atoms with Crippen molar-refractivity contribution in [1.82, 2.24) is 4.90 Å². The number of rotatable bonds is 1. The van der Waals surface area contributed by atoms with Crippen molar-refractivity contribution in [3.8, 4) is 11.1 Å². The molecule has 0 atom stereocenters. The molecule has 7 heteroatoms. The van der Waals surface area contributed by atoms with Gasteiger partial charge in [0.25, 0.3) is 0 Å². The summed E-state index contributed by atoms with van der Waals surface area (Å²) in [6.07, 6.45) is 0.640. The molecule has 1 aliphatic heterocycles. The Kier molecular flexibility index (Phi) is 5.64. The van der Waals surface area contributed by atoms with E-state index in [1.807, 2.05) is 12.1 Å². The van der Waals surface area contributed by atoms with E-state index in [9.17, 15) is 9.18 Å². The molecule has 0 aliphatic carbocycles. The summed E-state index contributed by atoms with van der Waals surface area (Å²) < 4.78 is 14.3. The van der Waals surface area contributed by atoms with Crippen molar-refractivity contribution in [1.29, 1.82) is 0 Å². The van der Waals surface area contributed by atoms with Crippen LogP contribution in [0.25, 0.3) is 11.1 Å². The number of benzene rings is 2. The Balaban J connectivity index is 0.00000225. The first-order chi connectivity index (χ1) is 11.5. The van der Waals surface area contributed by atoms with Gasteiger partial charge in [0, 0.05) is 18.7 Å². The molecule has 0 aromatic heterocycles. The number of aliphatic imine (C=N–C) groups is 1. The molecule has 1 aliphatic rings. The minimum absolute atomic E-state index is 0. The fraction of sp³-hybridized carbons (Fsp3) is 0.222. The molecule has 0 saturated carbocycles. The number of hydrogen-bond donors (Lipinski definition) is 2. The third-order valence-electron chi connectivity index (χ3n) is 4.00. The molecule has 2 aromatic carbocycles. The highest BCUT2D eigenvalue weighted by molar-refractivity contribution is 6.33. The number of carbonyl (C=O) groups is 1. The Morgan fingerprint density at radius 3 is 2.60 bits per heavy atom. The Bertz CT molecular complexity index is 814. The fourth-order valence-corrected chi connectivity index (χ4v) is 3.18. The molecule has 1 heterocycles. The second kappa shape index (κ2) is 7.53. The largest absolute Gasteiger partial charge is 0.370 e. The molecule has 0 unspecified atom stereocenters. The molecule has 132 valence electrons. The van der Waals surface area contributed by atoms with Crippen molar-refractivity contribution in [3.63, 3.8) is 0 Å². The van der Waals surface area contributed by atoms with Gasteiger partial charge < -0.3 is 16.4 Å². The van der Waals surface area contributed by atoms with Gasteiger partial charge in [0.2, 0.25) is 0 Å². The number of nitrogens with zero attached hydrogens (tertiary/aromatic N) is 2. The molecule has 5 nitrogen and oxygen atoms in total. The van der Waals surface area contributed by atoms with Crippen LogP contribution in [-0.4, -0.2) is 23.4 Å². The highest BCUT2D eigenvalue weighted by Gasteiger charge is 2.24. The lowest BCUT2D eigenvalue weighted by Crippen LogP contribution is -2.36. The number of guanidine groups is 1. The van der Waals surface area contributed by atoms with Crippen molar-refractivity contribution in [2.75, 3.05) is 6.54 Å². The minimum Gasteiger partial charge on any atom is -0.370 e. The average Bonchev–Trinajstić information content (AvgIpc) is 2.53. The van der Waals surface area contributed by atoms with Crippen LogP contribution in [0.5, 0.6) is 0 Å². The van der Waals surface area contributed by atoms with E-state index < -0.39 is 11.8 Å². The average molecular weight is 363 g/mol. The van der Waals surface area contributed by atoms with Gasteiger partial charge >= 0.3 is 6.03 Å². The van der Waals surface area contributed by atoms with Crippen molar-refractivity contribution >= 4 is 23.6 Å². The van der Waals surface area contributed by atoms with Gasteiger partial charge in [-0.2, -0.15) is 4.99 Å². The third kappa shape index (κ3) is 3.74. The smallest absolute Gasteiger partial charge is 0.347 e. The van der Waals surface area contributed by atoms with E-state index >= 15 is 0 Å². The normalized spacial score (nSPS) is 12.8. The molecular formula is C18H20ClFN4O. The first-order valence-corrected chi connectivity index (χ1v) is 7.79. The summed E-state index contributed by atoms with van der Waals surface area (Å²) in [6, 6.07) is 9.70. The summed E-state index contributed by atoms with van der Waals surface area (Å²) in [4.78, 5) is 17.2. The molecule has 0 radical (unpaired) electrons. The molecule has 25 heavy (non-hydrogen) atoms. The molecule has 0 spiro atoms. The highest BCUT2D eigenvalue weighted by Crippen LogP contribution is 2.36. The van der Waals surface area contributed by atoms with Gasteiger partial charge in [0.1, 0.15) is 5.82 Å². The predicted octanol–water partition coefficient (Wildman–Crippen LogP) is 3.53. The van der Waals surface area contributed by atoms with E-state index in [-0.39, 0.29) is 13.4 Å². The van der Waals surface area contributed by atoms with Crippen LogP contribution in [0.2, 0.25) is 5.02 Å². The summed E-state index contributed by atoms with van der Waals surface area (Å²) in [6.45, 7) is 0.794. The number of carbonyl (C=O) groups excluding carboxylic acids is 1. The lowest BCUT2D eigenvalue weighted by atomic mass is 9.91. The first-order valence-electron chi connectivity index (χ1n) is 7.41. The summed E-state index contributed by atoms with van der Waals surface area (Å²) in [5, 5.41) is 0.330. The Hall–Kier alpha value is -2.60. The standard InChI is InChI=1S/C17H16ClFN4O.CH4/c18-13-5-2-6-14(19)15(13)11-4-1-3-10-7-8-23(9-12(10)11)17(24)22-16(20)21;/h1-6H,7-9H2,(H4,20,21,22,24);1H4. The van der Waals surface area contributed by atoms with Gasteiger partial charge in [0.05, 0.1) is 5.02 Å². The highest BCUT2D eigenvalue weighted by atomic mass is 35.5. The van der Waals surface area contributed by atoms with E-state index in [0.29, 0.717) is 35.7 Å². The lowest BCUT2D eigenvalue weighted by Gasteiger charge is -2.29. The van der Waals surface area contributed by atoms with Crippen LogP contribution in [-0.2, 0) is 13.0 Å². The van der Waals surface area contributed by atoms with E-state index in [2.05, 4.69) is 4.99 Å². The number of halogens is 2. The maximum Gasteiger partial charge on any atom is 0.347 e. The zero-order chi connectivity index (χ0) is 17.3. The van der Waals surface area contributed by atoms with Gasteiger partial charge in [-0.1, -0.05) is 43.3 Å². The zero-order valence-corrected chi connectivity index (χ0v) is 13.6. The molecule has 3 rings (SSSR count). The summed E-state index contributed by atoms with van der Waals surface area (Å²) in [5.74, 6) is -0.681. The van der Waals surface area contributed by atoms with Crippen LogP contribution in [0.1, 0.15) is 18.6 Å². The number of amides is 2. The van der Waals surface area contributed by atoms with Crippen molar-refractivity contribution in [2.45, 2.75) is 20.4 Å². The molecule has 2 aromatic rings. The van der Waals surface area contributed by atoms with Gasteiger partial charge in [-0.15, -0.1) is 0 Å². The SMILES string of the molecule is C.NC(N)=NC(=O)N1CCc2cccc(-c3c(F)cccc3Cl)c2C1. The second-order valence-corrected chi connectivity index (χ2v) is 5.94. The van der Waals surface area contributed by atoms with E-state index in [1.165, 1.54) is 11.0 Å². The topological polar surface area (TPSA) is 84.7 Å². The van der Waals surface area contributed by atoms with Gasteiger partial charge in [-0.3, -0.25) is 0 Å². The zero-order valence-electron chi connectivity index (χ0n) is 12.8. The van der Waals surface area contributed by atoms with Crippen LogP contribution < -0.4 is 11.5 Å². The number of urea groups is 1. The van der Waals surface area contributed by atoms with Gasteiger partial charge in [-0.05, 0) is 35.2 Å². The number of hydrogen-bond acceptors (Lipinski definition) is 1. The summed E-state index contributed by atoms with van der Waals surface area (Å²) >= 11 is 6.20. The molecule has 0 bridgehead atoms. The van der Waals surface area contributed by atoms with E-state index in [1.54, 1.807) is 18.2 Å². The van der Waals surface area contributed by atoms with Gasteiger partial charge in [0.15, 0.2) is 5.96 Å². The molecule has 2 amide bonds. The maximum absolute atomic E-state index is 14.3. The van der Waals surface area contributed by atoms with E-state index in [0.717, 1.165) is 11.1 Å². The van der Waals surface area contributed by atoms with Crippen LogP contribution >= 0.6 is 11.6 Å². The van der Waals surface area contributed by atoms with Crippen molar-refractivity contribution in [2.24, 2.45) is 16.5 Å². The van der Waals surface area contributed by atoms with Crippen molar-refractivity contribution < 1.29 is 9.18 Å². The number of fused-ring (bicyclic) bond motifs is 1. The molecule has 0 fully saturated rings. The summed E-state index contributed by atoms with van der Waals surface area (Å²) in [7, 11) is 0. The molecule has 4 N–H and O–H groups in total. The van der Waals surface area contributed by atoms with Crippen LogP contribution in [0.15, 0.2) is 41.4 Å². The molecular weight excluding hydrogens is 343 g/mol. The van der Waals surface area contributed by atoms with Crippen LogP contribution in [0.4, 0.5) is 9.18 Å². The van der Waals surface area contributed by atoms with E-state index in [4.69, 9.17) is 23.1 Å². The second-order valence-electron chi connectivity index (χ2n) is 5.53. The van der Waals surface area contributed by atoms with Crippen molar-refractivity contribution in [3.05, 3.63) is 58.4 Å².